The summed E-state index contributed by atoms with van der Waals surface area (Å²) >= 11 is 0. The zero-order chi connectivity index (χ0) is 15.9. The molecule has 20 heavy (non-hydrogen) atoms. The third-order valence-corrected chi connectivity index (χ3v) is 3.50. The lowest BCUT2D eigenvalue weighted by molar-refractivity contribution is -0.157. The Morgan fingerprint density at radius 2 is 1.70 bits per heavy atom. The van der Waals surface area contributed by atoms with Gasteiger partial charge in [-0.15, -0.1) is 0 Å². The maximum absolute atomic E-state index is 12.0. The molecule has 5 nitrogen and oxygen atoms in total. The van der Waals surface area contributed by atoms with Crippen LogP contribution in [0.5, 0.6) is 0 Å². The standard InChI is InChI=1S/C15H32N2O3/c1-6-11(15(19)20-14(17)10(4)5)8-13(18)12(16)7-9(2)3/h9-14,18H,6-8,16-17H2,1-5H3/t11-,12-,13-,14?/m0/s1. The Morgan fingerprint density at radius 1 is 1.15 bits per heavy atom. The van der Waals surface area contributed by atoms with Crippen molar-refractivity contribution in [2.24, 2.45) is 29.2 Å². The molecule has 0 saturated carbocycles. The van der Waals surface area contributed by atoms with E-state index in [1.807, 2.05) is 20.8 Å². The molecule has 0 aliphatic rings. The number of esters is 1. The normalized spacial score (nSPS) is 17.9. The number of carbonyl (C=O) groups excluding carboxylic acids is 1. The summed E-state index contributed by atoms with van der Waals surface area (Å²) in [4.78, 5) is 12.0. The van der Waals surface area contributed by atoms with Crippen molar-refractivity contribution in [1.29, 1.82) is 0 Å². The molecule has 0 aliphatic carbocycles. The number of rotatable bonds is 9. The lowest BCUT2D eigenvalue weighted by Crippen LogP contribution is -2.40. The molecule has 5 N–H and O–H groups in total. The first-order valence-corrected chi connectivity index (χ1v) is 7.58. The van der Waals surface area contributed by atoms with Crippen LogP contribution in [0.15, 0.2) is 0 Å². The summed E-state index contributed by atoms with van der Waals surface area (Å²) in [5.74, 6) is -0.205. The molecular formula is C15H32N2O3. The van der Waals surface area contributed by atoms with Gasteiger partial charge >= 0.3 is 5.97 Å². The smallest absolute Gasteiger partial charge is 0.310 e. The monoisotopic (exact) mass is 288 g/mol. The van der Waals surface area contributed by atoms with E-state index in [0.29, 0.717) is 18.8 Å². The van der Waals surface area contributed by atoms with Crippen molar-refractivity contribution < 1.29 is 14.6 Å². The summed E-state index contributed by atoms with van der Waals surface area (Å²) in [6, 6.07) is -0.310. The summed E-state index contributed by atoms with van der Waals surface area (Å²) in [7, 11) is 0. The van der Waals surface area contributed by atoms with Crippen molar-refractivity contribution in [3.05, 3.63) is 0 Å². The molecule has 0 bridgehead atoms. The predicted octanol–water partition coefficient (Wildman–Crippen LogP) is 1.62. The number of hydrogen-bond donors (Lipinski definition) is 3. The molecular weight excluding hydrogens is 256 g/mol. The van der Waals surface area contributed by atoms with Crippen molar-refractivity contribution in [3.63, 3.8) is 0 Å². The van der Waals surface area contributed by atoms with Gasteiger partial charge in [-0.05, 0) is 25.2 Å². The van der Waals surface area contributed by atoms with E-state index in [9.17, 15) is 9.90 Å². The van der Waals surface area contributed by atoms with E-state index in [0.717, 1.165) is 6.42 Å². The fraction of sp³-hybridized carbons (Fsp3) is 0.933. The number of aliphatic hydroxyl groups is 1. The average Bonchev–Trinajstić information content (AvgIpc) is 2.34. The van der Waals surface area contributed by atoms with E-state index in [2.05, 4.69) is 13.8 Å². The van der Waals surface area contributed by atoms with Gasteiger partial charge < -0.3 is 15.6 Å². The highest BCUT2D eigenvalue weighted by Gasteiger charge is 2.27. The van der Waals surface area contributed by atoms with Gasteiger partial charge in [-0.1, -0.05) is 34.6 Å². The van der Waals surface area contributed by atoms with Gasteiger partial charge in [-0.25, -0.2) is 0 Å². The molecule has 0 rings (SSSR count). The van der Waals surface area contributed by atoms with Crippen molar-refractivity contribution in [1.82, 2.24) is 0 Å². The van der Waals surface area contributed by atoms with E-state index < -0.39 is 12.3 Å². The minimum absolute atomic E-state index is 0.0737. The van der Waals surface area contributed by atoms with Crippen LogP contribution in [0, 0.1) is 17.8 Å². The molecule has 0 heterocycles. The molecule has 0 saturated heterocycles. The summed E-state index contributed by atoms with van der Waals surface area (Å²) in [6.07, 6.45) is 0.379. The van der Waals surface area contributed by atoms with Crippen LogP contribution in [-0.2, 0) is 9.53 Å². The molecule has 0 aliphatic heterocycles. The molecule has 0 spiro atoms. The Balaban J connectivity index is 4.42. The molecule has 120 valence electrons. The molecule has 0 aromatic carbocycles. The van der Waals surface area contributed by atoms with E-state index in [1.165, 1.54) is 0 Å². The fourth-order valence-corrected chi connectivity index (χ4v) is 1.96. The van der Waals surface area contributed by atoms with Crippen LogP contribution in [-0.4, -0.2) is 29.4 Å². The number of aliphatic hydroxyl groups excluding tert-OH is 1. The Labute approximate surface area is 123 Å². The van der Waals surface area contributed by atoms with Gasteiger partial charge in [0.25, 0.3) is 0 Å². The number of nitrogens with two attached hydrogens (primary N) is 2. The minimum atomic E-state index is -0.690. The first-order valence-electron chi connectivity index (χ1n) is 7.58. The molecule has 0 fully saturated rings. The third kappa shape index (κ3) is 7.22. The Bertz CT molecular complexity index is 282. The molecule has 5 heteroatoms. The lowest BCUT2D eigenvalue weighted by Gasteiger charge is -2.25. The average molecular weight is 288 g/mol. The van der Waals surface area contributed by atoms with Gasteiger partial charge in [0.15, 0.2) is 6.23 Å². The highest BCUT2D eigenvalue weighted by molar-refractivity contribution is 5.72. The summed E-state index contributed by atoms with van der Waals surface area (Å²) < 4.78 is 5.21. The van der Waals surface area contributed by atoms with Gasteiger partial charge in [0.2, 0.25) is 0 Å². The van der Waals surface area contributed by atoms with Gasteiger partial charge in [0, 0.05) is 12.0 Å². The van der Waals surface area contributed by atoms with E-state index in [-0.39, 0.29) is 23.8 Å². The van der Waals surface area contributed by atoms with E-state index >= 15 is 0 Å². The van der Waals surface area contributed by atoms with Crippen molar-refractivity contribution in [2.75, 3.05) is 0 Å². The van der Waals surface area contributed by atoms with Crippen LogP contribution >= 0.6 is 0 Å². The van der Waals surface area contributed by atoms with Crippen LogP contribution in [0.2, 0.25) is 0 Å². The molecule has 0 aromatic rings. The maximum atomic E-state index is 12.0. The van der Waals surface area contributed by atoms with Crippen LogP contribution in [0.25, 0.3) is 0 Å². The zero-order valence-corrected chi connectivity index (χ0v) is 13.5. The minimum Gasteiger partial charge on any atom is -0.446 e. The van der Waals surface area contributed by atoms with Crippen molar-refractivity contribution in [3.8, 4) is 0 Å². The summed E-state index contributed by atoms with van der Waals surface area (Å²) in [6.45, 7) is 9.80. The first-order chi connectivity index (χ1) is 9.18. The summed E-state index contributed by atoms with van der Waals surface area (Å²) in [5.41, 5.74) is 11.7. The van der Waals surface area contributed by atoms with Crippen molar-refractivity contribution in [2.45, 2.75) is 72.3 Å². The second kappa shape index (κ2) is 9.32. The highest BCUT2D eigenvalue weighted by atomic mass is 16.6. The number of carbonyl (C=O) groups is 1. The largest absolute Gasteiger partial charge is 0.446 e. The molecule has 4 atom stereocenters. The van der Waals surface area contributed by atoms with Gasteiger partial charge in [-0.3, -0.25) is 10.5 Å². The Hall–Kier alpha value is -0.650. The number of ether oxygens (including phenoxy) is 1. The predicted molar refractivity (Wildman–Crippen MR) is 80.7 cm³/mol. The van der Waals surface area contributed by atoms with Gasteiger partial charge in [0.1, 0.15) is 0 Å². The van der Waals surface area contributed by atoms with Crippen LogP contribution < -0.4 is 11.5 Å². The fourth-order valence-electron chi connectivity index (χ4n) is 1.96. The third-order valence-electron chi connectivity index (χ3n) is 3.50. The Morgan fingerprint density at radius 3 is 2.10 bits per heavy atom. The summed E-state index contributed by atoms with van der Waals surface area (Å²) in [5, 5.41) is 10.1. The highest BCUT2D eigenvalue weighted by Crippen LogP contribution is 2.18. The topological polar surface area (TPSA) is 98.6 Å². The molecule has 0 aromatic heterocycles. The molecule has 0 radical (unpaired) electrons. The molecule has 0 amide bonds. The first kappa shape index (κ1) is 19.4. The van der Waals surface area contributed by atoms with E-state index in [1.54, 1.807) is 0 Å². The maximum Gasteiger partial charge on any atom is 0.310 e. The van der Waals surface area contributed by atoms with Crippen molar-refractivity contribution >= 4 is 5.97 Å². The van der Waals surface area contributed by atoms with Crippen LogP contribution in [0.3, 0.4) is 0 Å². The Kier molecular flexibility index (Phi) is 9.01. The second-order valence-electron chi connectivity index (χ2n) is 6.35. The lowest BCUT2D eigenvalue weighted by atomic mass is 9.91. The van der Waals surface area contributed by atoms with Crippen LogP contribution in [0.4, 0.5) is 0 Å². The van der Waals surface area contributed by atoms with E-state index in [4.69, 9.17) is 16.2 Å². The van der Waals surface area contributed by atoms with Gasteiger partial charge in [0.05, 0.1) is 12.0 Å². The SMILES string of the molecule is CC[C@@H](C[C@H](O)[C@@H](N)CC(C)C)C(=O)OC(N)C(C)C. The van der Waals surface area contributed by atoms with Gasteiger partial charge in [-0.2, -0.15) is 0 Å². The zero-order valence-electron chi connectivity index (χ0n) is 13.5. The second-order valence-corrected chi connectivity index (χ2v) is 6.35. The van der Waals surface area contributed by atoms with Crippen LogP contribution in [0.1, 0.15) is 53.9 Å². The molecule has 1 unspecified atom stereocenters. The number of hydrogen-bond acceptors (Lipinski definition) is 5. The quantitative estimate of drug-likeness (QED) is 0.442.